The standard InChI is InChI=1S/C16H23N3OS/c1-11(2)19(10-13-6-5-9-21-13)15-8-7-14(17)16(18-15)20-12(3)4/h5-9,11-12H,10,17H2,1-4H3. The van der Waals surface area contributed by atoms with Crippen LogP contribution in [0.2, 0.25) is 0 Å². The van der Waals surface area contributed by atoms with E-state index in [1.54, 1.807) is 11.3 Å². The molecule has 114 valence electrons. The van der Waals surface area contributed by atoms with Crippen molar-refractivity contribution in [3.63, 3.8) is 0 Å². The van der Waals surface area contributed by atoms with Crippen molar-refractivity contribution in [2.45, 2.75) is 46.4 Å². The van der Waals surface area contributed by atoms with Gasteiger partial charge in [0.1, 0.15) is 5.82 Å². The van der Waals surface area contributed by atoms with Crippen molar-refractivity contribution in [3.05, 3.63) is 34.5 Å². The van der Waals surface area contributed by atoms with Crippen LogP contribution in [-0.2, 0) is 6.54 Å². The van der Waals surface area contributed by atoms with E-state index in [-0.39, 0.29) is 6.10 Å². The molecule has 0 aliphatic carbocycles. The summed E-state index contributed by atoms with van der Waals surface area (Å²) in [6.45, 7) is 9.11. The minimum Gasteiger partial charge on any atom is -0.473 e. The van der Waals surface area contributed by atoms with Crippen molar-refractivity contribution in [2.75, 3.05) is 10.6 Å². The maximum atomic E-state index is 5.95. The Bertz CT molecular complexity index is 567. The molecule has 2 N–H and O–H groups in total. The van der Waals surface area contributed by atoms with Crippen LogP contribution in [0.15, 0.2) is 29.6 Å². The Hall–Kier alpha value is -1.75. The van der Waals surface area contributed by atoms with Crippen LogP contribution < -0.4 is 15.4 Å². The zero-order valence-corrected chi connectivity index (χ0v) is 13.9. The summed E-state index contributed by atoms with van der Waals surface area (Å²) in [5, 5.41) is 2.09. The number of hydrogen-bond acceptors (Lipinski definition) is 5. The van der Waals surface area contributed by atoms with E-state index in [1.165, 1.54) is 4.88 Å². The van der Waals surface area contributed by atoms with Crippen LogP contribution in [0.4, 0.5) is 11.5 Å². The number of pyridine rings is 1. The van der Waals surface area contributed by atoms with Crippen LogP contribution in [0, 0.1) is 0 Å². The average molecular weight is 305 g/mol. The fourth-order valence-corrected chi connectivity index (χ4v) is 2.72. The summed E-state index contributed by atoms with van der Waals surface area (Å²) in [5.74, 6) is 1.41. The molecule has 5 heteroatoms. The third-order valence-corrected chi connectivity index (χ3v) is 3.91. The van der Waals surface area contributed by atoms with Crippen molar-refractivity contribution >= 4 is 22.8 Å². The number of thiophene rings is 1. The molecule has 0 spiro atoms. The first-order valence-electron chi connectivity index (χ1n) is 7.19. The van der Waals surface area contributed by atoms with Gasteiger partial charge in [0.25, 0.3) is 0 Å². The van der Waals surface area contributed by atoms with Gasteiger partial charge in [0, 0.05) is 10.9 Å². The van der Waals surface area contributed by atoms with Gasteiger partial charge in [-0.05, 0) is 51.3 Å². The van der Waals surface area contributed by atoms with Crippen LogP contribution in [-0.4, -0.2) is 17.1 Å². The van der Waals surface area contributed by atoms with Gasteiger partial charge in [-0.15, -0.1) is 11.3 Å². The summed E-state index contributed by atoms with van der Waals surface area (Å²) in [4.78, 5) is 8.16. The van der Waals surface area contributed by atoms with Crippen LogP contribution >= 0.6 is 11.3 Å². The lowest BCUT2D eigenvalue weighted by atomic mass is 10.2. The highest BCUT2D eigenvalue weighted by Crippen LogP contribution is 2.27. The van der Waals surface area contributed by atoms with Gasteiger partial charge in [-0.3, -0.25) is 0 Å². The monoisotopic (exact) mass is 305 g/mol. The van der Waals surface area contributed by atoms with E-state index in [1.807, 2.05) is 26.0 Å². The zero-order valence-electron chi connectivity index (χ0n) is 13.0. The normalized spacial score (nSPS) is 11.1. The highest BCUT2D eigenvalue weighted by atomic mass is 32.1. The molecule has 21 heavy (non-hydrogen) atoms. The number of anilines is 2. The molecule has 4 nitrogen and oxygen atoms in total. The van der Waals surface area contributed by atoms with Crippen LogP contribution in [0.25, 0.3) is 0 Å². The van der Waals surface area contributed by atoms with E-state index < -0.39 is 0 Å². The first-order valence-corrected chi connectivity index (χ1v) is 8.07. The van der Waals surface area contributed by atoms with E-state index in [0.29, 0.717) is 17.6 Å². The number of hydrogen-bond donors (Lipinski definition) is 1. The van der Waals surface area contributed by atoms with Crippen molar-refractivity contribution in [1.29, 1.82) is 0 Å². The summed E-state index contributed by atoms with van der Waals surface area (Å²) < 4.78 is 5.69. The topological polar surface area (TPSA) is 51.4 Å². The first-order chi connectivity index (χ1) is 9.97. The molecule has 0 radical (unpaired) electrons. The Labute approximate surface area is 130 Å². The molecular formula is C16H23N3OS. The van der Waals surface area contributed by atoms with Crippen molar-refractivity contribution in [3.8, 4) is 5.88 Å². The molecule has 0 saturated heterocycles. The van der Waals surface area contributed by atoms with Gasteiger partial charge in [-0.2, -0.15) is 4.98 Å². The van der Waals surface area contributed by atoms with Crippen molar-refractivity contribution in [1.82, 2.24) is 4.98 Å². The predicted octanol–water partition coefficient (Wildman–Crippen LogP) is 3.93. The molecule has 0 aliphatic heterocycles. The fourth-order valence-electron chi connectivity index (χ4n) is 2.02. The van der Waals surface area contributed by atoms with Gasteiger partial charge in [-0.1, -0.05) is 6.07 Å². The Morgan fingerprint density at radius 2 is 2.00 bits per heavy atom. The predicted molar refractivity (Wildman–Crippen MR) is 90.1 cm³/mol. The SMILES string of the molecule is CC(C)Oc1nc(N(Cc2cccs2)C(C)C)ccc1N. The van der Waals surface area contributed by atoms with E-state index in [9.17, 15) is 0 Å². The van der Waals surface area contributed by atoms with E-state index in [0.717, 1.165) is 12.4 Å². The van der Waals surface area contributed by atoms with Crippen molar-refractivity contribution in [2.24, 2.45) is 0 Å². The average Bonchev–Trinajstić information content (AvgIpc) is 2.91. The first kappa shape index (κ1) is 15.6. The minimum absolute atomic E-state index is 0.0554. The summed E-state index contributed by atoms with van der Waals surface area (Å²) in [5.41, 5.74) is 6.52. The third kappa shape index (κ3) is 4.11. The lowest BCUT2D eigenvalue weighted by Gasteiger charge is -2.28. The van der Waals surface area contributed by atoms with Crippen molar-refractivity contribution < 1.29 is 4.74 Å². The Kier molecular flexibility index (Phi) is 5.07. The number of ether oxygens (including phenoxy) is 1. The van der Waals surface area contributed by atoms with Gasteiger partial charge in [0.15, 0.2) is 0 Å². The number of rotatable bonds is 6. The second-order valence-corrected chi connectivity index (χ2v) is 6.56. The molecule has 0 amide bonds. The summed E-state index contributed by atoms with van der Waals surface area (Å²) in [7, 11) is 0. The van der Waals surface area contributed by atoms with Gasteiger partial charge < -0.3 is 15.4 Å². The third-order valence-electron chi connectivity index (χ3n) is 3.05. The van der Waals surface area contributed by atoms with E-state index >= 15 is 0 Å². The van der Waals surface area contributed by atoms with Crippen LogP contribution in [0.3, 0.4) is 0 Å². The van der Waals surface area contributed by atoms with Crippen LogP contribution in [0.5, 0.6) is 5.88 Å². The number of nitrogen functional groups attached to an aromatic ring is 1. The maximum absolute atomic E-state index is 5.95. The second kappa shape index (κ2) is 6.80. The molecule has 0 unspecified atom stereocenters. The summed E-state index contributed by atoms with van der Waals surface area (Å²) in [6.07, 6.45) is 0.0554. The molecule has 2 heterocycles. The molecule has 0 bridgehead atoms. The molecule has 0 fully saturated rings. The number of aromatic nitrogens is 1. The van der Waals surface area contributed by atoms with E-state index in [2.05, 4.69) is 41.2 Å². The van der Waals surface area contributed by atoms with Gasteiger partial charge in [0.05, 0.1) is 18.3 Å². The van der Waals surface area contributed by atoms with Gasteiger partial charge >= 0.3 is 0 Å². The minimum atomic E-state index is 0.0554. The molecule has 2 aromatic heterocycles. The summed E-state index contributed by atoms with van der Waals surface area (Å²) in [6, 6.07) is 8.38. The smallest absolute Gasteiger partial charge is 0.239 e. The molecule has 2 aromatic rings. The maximum Gasteiger partial charge on any atom is 0.239 e. The van der Waals surface area contributed by atoms with E-state index in [4.69, 9.17) is 10.5 Å². The largest absolute Gasteiger partial charge is 0.473 e. The Morgan fingerprint density at radius 1 is 1.24 bits per heavy atom. The Balaban J connectivity index is 2.27. The lowest BCUT2D eigenvalue weighted by Crippen LogP contribution is -2.30. The highest BCUT2D eigenvalue weighted by Gasteiger charge is 2.15. The molecule has 2 rings (SSSR count). The highest BCUT2D eigenvalue weighted by molar-refractivity contribution is 7.09. The zero-order chi connectivity index (χ0) is 15.4. The van der Waals surface area contributed by atoms with Gasteiger partial charge in [-0.25, -0.2) is 0 Å². The molecular weight excluding hydrogens is 282 g/mol. The number of nitrogens with zero attached hydrogens (tertiary/aromatic N) is 2. The number of nitrogens with two attached hydrogens (primary N) is 1. The Morgan fingerprint density at radius 3 is 2.57 bits per heavy atom. The summed E-state index contributed by atoms with van der Waals surface area (Å²) >= 11 is 1.76. The quantitative estimate of drug-likeness (QED) is 0.878. The molecule has 0 aliphatic rings. The second-order valence-electron chi connectivity index (χ2n) is 5.53. The molecule has 0 saturated carbocycles. The van der Waals surface area contributed by atoms with Crippen LogP contribution in [0.1, 0.15) is 32.6 Å². The molecule has 0 atom stereocenters. The van der Waals surface area contributed by atoms with Gasteiger partial charge in [0.2, 0.25) is 5.88 Å². The fraction of sp³-hybridized carbons (Fsp3) is 0.438. The molecule has 0 aromatic carbocycles. The lowest BCUT2D eigenvalue weighted by molar-refractivity contribution is 0.234.